The van der Waals surface area contributed by atoms with Crippen molar-refractivity contribution < 1.29 is 4.79 Å². The Labute approximate surface area is 124 Å². The summed E-state index contributed by atoms with van der Waals surface area (Å²) in [5.41, 5.74) is 2.02. The number of nitrogens with one attached hydrogen (secondary N) is 2. The van der Waals surface area contributed by atoms with Gasteiger partial charge < -0.3 is 10.6 Å². The molecule has 1 amide bonds. The molecule has 2 rings (SSSR count). The molecule has 0 heterocycles. The number of amides is 1. The molecule has 3 nitrogen and oxygen atoms in total. The van der Waals surface area contributed by atoms with E-state index in [-0.39, 0.29) is 5.91 Å². The van der Waals surface area contributed by atoms with E-state index >= 15 is 0 Å². The van der Waals surface area contributed by atoms with Crippen LogP contribution in [-0.4, -0.2) is 19.0 Å². The molecule has 2 aromatic carbocycles. The lowest BCUT2D eigenvalue weighted by Crippen LogP contribution is -2.29. The zero-order valence-corrected chi connectivity index (χ0v) is 11.9. The Balaban J connectivity index is 1.66. The number of hydrogen-bond donors (Lipinski definition) is 2. The summed E-state index contributed by atoms with van der Waals surface area (Å²) >= 11 is 5.78. The van der Waals surface area contributed by atoms with E-state index in [4.69, 9.17) is 11.6 Å². The van der Waals surface area contributed by atoms with Crippen molar-refractivity contribution in [3.8, 4) is 0 Å². The average Bonchev–Trinajstić information content (AvgIpc) is 2.47. The van der Waals surface area contributed by atoms with Crippen molar-refractivity contribution in [1.29, 1.82) is 0 Å². The zero-order chi connectivity index (χ0) is 14.2. The second-order valence-corrected chi connectivity index (χ2v) is 4.90. The maximum atomic E-state index is 11.7. The summed E-state index contributed by atoms with van der Waals surface area (Å²) in [6.07, 6.45) is 0.912. The third-order valence-electron chi connectivity index (χ3n) is 2.85. The Bertz CT molecular complexity index is 540. The highest BCUT2D eigenvalue weighted by atomic mass is 35.5. The average molecular weight is 289 g/mol. The minimum absolute atomic E-state index is 0.0552. The van der Waals surface area contributed by atoms with E-state index in [2.05, 4.69) is 22.8 Å². The van der Waals surface area contributed by atoms with Crippen LogP contribution in [0.15, 0.2) is 54.6 Å². The minimum atomic E-state index is -0.0552. The van der Waals surface area contributed by atoms with Crippen molar-refractivity contribution in [3.05, 3.63) is 65.2 Å². The molecule has 0 aliphatic carbocycles. The molecular weight excluding hydrogens is 272 g/mol. The summed E-state index contributed by atoms with van der Waals surface area (Å²) < 4.78 is 0. The quantitative estimate of drug-likeness (QED) is 0.802. The van der Waals surface area contributed by atoms with E-state index in [1.54, 1.807) is 24.3 Å². The lowest BCUT2D eigenvalue weighted by molar-refractivity contribution is -0.115. The number of benzene rings is 2. The standard InChI is InChI=1S/C16H17ClN2O/c17-14-6-8-15(9-7-14)19-16(20)12-18-11-10-13-4-2-1-3-5-13/h1-9,18H,10-12H2,(H,19,20). The lowest BCUT2D eigenvalue weighted by Gasteiger charge is -2.07. The summed E-state index contributed by atoms with van der Waals surface area (Å²) in [6.45, 7) is 1.08. The molecule has 0 unspecified atom stereocenters. The van der Waals surface area contributed by atoms with E-state index in [0.29, 0.717) is 11.6 Å². The first-order valence-electron chi connectivity index (χ1n) is 6.54. The molecule has 0 aliphatic rings. The fourth-order valence-corrected chi connectivity index (χ4v) is 1.94. The zero-order valence-electron chi connectivity index (χ0n) is 11.1. The normalized spacial score (nSPS) is 10.2. The number of carbonyl (C=O) groups excluding carboxylic acids is 1. The fourth-order valence-electron chi connectivity index (χ4n) is 1.82. The number of hydrogen-bond acceptors (Lipinski definition) is 2. The Hall–Kier alpha value is -1.84. The minimum Gasteiger partial charge on any atom is -0.325 e. The molecule has 0 spiro atoms. The SMILES string of the molecule is O=C(CNCCc1ccccc1)Nc1ccc(Cl)cc1. The topological polar surface area (TPSA) is 41.1 Å². The van der Waals surface area contributed by atoms with E-state index in [1.807, 2.05) is 18.2 Å². The Morgan fingerprint density at radius 1 is 1.00 bits per heavy atom. The van der Waals surface area contributed by atoms with Crippen molar-refractivity contribution in [2.75, 3.05) is 18.4 Å². The Morgan fingerprint density at radius 2 is 1.70 bits per heavy atom. The second kappa shape index (κ2) is 7.68. The number of carbonyl (C=O) groups is 1. The van der Waals surface area contributed by atoms with Gasteiger partial charge in [0.2, 0.25) is 5.91 Å². The third-order valence-corrected chi connectivity index (χ3v) is 3.10. The van der Waals surface area contributed by atoms with Crippen LogP contribution in [0.4, 0.5) is 5.69 Å². The summed E-state index contributed by atoms with van der Waals surface area (Å²) in [6, 6.07) is 17.3. The molecule has 2 N–H and O–H groups in total. The largest absolute Gasteiger partial charge is 0.325 e. The van der Waals surface area contributed by atoms with Crippen molar-refractivity contribution in [2.45, 2.75) is 6.42 Å². The molecule has 104 valence electrons. The van der Waals surface area contributed by atoms with Crippen molar-refractivity contribution in [3.63, 3.8) is 0 Å². The second-order valence-electron chi connectivity index (χ2n) is 4.47. The predicted molar refractivity (Wildman–Crippen MR) is 83.1 cm³/mol. The maximum absolute atomic E-state index is 11.7. The molecular formula is C16H17ClN2O. The van der Waals surface area contributed by atoms with Gasteiger partial charge in [-0.05, 0) is 42.8 Å². The van der Waals surface area contributed by atoms with Crippen LogP contribution in [0.5, 0.6) is 0 Å². The van der Waals surface area contributed by atoms with E-state index in [9.17, 15) is 4.79 Å². The van der Waals surface area contributed by atoms with Gasteiger partial charge in [-0.2, -0.15) is 0 Å². The van der Waals surface area contributed by atoms with Gasteiger partial charge in [0, 0.05) is 10.7 Å². The van der Waals surface area contributed by atoms with Crippen LogP contribution < -0.4 is 10.6 Å². The molecule has 2 aromatic rings. The van der Waals surface area contributed by atoms with Gasteiger partial charge in [0.15, 0.2) is 0 Å². The third kappa shape index (κ3) is 5.03. The summed E-state index contributed by atoms with van der Waals surface area (Å²) in [7, 11) is 0. The van der Waals surface area contributed by atoms with E-state index < -0.39 is 0 Å². The van der Waals surface area contributed by atoms with Crippen LogP contribution in [-0.2, 0) is 11.2 Å². The van der Waals surface area contributed by atoms with Gasteiger partial charge in [-0.3, -0.25) is 4.79 Å². The Morgan fingerprint density at radius 3 is 2.40 bits per heavy atom. The number of halogens is 1. The van der Waals surface area contributed by atoms with Crippen LogP contribution in [0.1, 0.15) is 5.56 Å². The van der Waals surface area contributed by atoms with Crippen molar-refractivity contribution >= 4 is 23.2 Å². The van der Waals surface area contributed by atoms with Gasteiger partial charge >= 0.3 is 0 Å². The van der Waals surface area contributed by atoms with Crippen LogP contribution in [0.3, 0.4) is 0 Å². The van der Waals surface area contributed by atoms with Crippen molar-refractivity contribution in [2.24, 2.45) is 0 Å². The first-order valence-corrected chi connectivity index (χ1v) is 6.92. The van der Waals surface area contributed by atoms with Crippen LogP contribution in [0.25, 0.3) is 0 Å². The highest BCUT2D eigenvalue weighted by Gasteiger charge is 2.01. The fraction of sp³-hybridized carbons (Fsp3) is 0.188. The van der Waals surface area contributed by atoms with Gasteiger partial charge in [-0.1, -0.05) is 41.9 Å². The summed E-state index contributed by atoms with van der Waals surface area (Å²) in [5, 5.41) is 6.59. The van der Waals surface area contributed by atoms with E-state index in [0.717, 1.165) is 18.7 Å². The number of rotatable bonds is 6. The van der Waals surface area contributed by atoms with Gasteiger partial charge in [0.25, 0.3) is 0 Å². The highest BCUT2D eigenvalue weighted by molar-refractivity contribution is 6.30. The molecule has 0 atom stereocenters. The maximum Gasteiger partial charge on any atom is 0.238 e. The summed E-state index contributed by atoms with van der Waals surface area (Å²) in [5.74, 6) is -0.0552. The first-order chi connectivity index (χ1) is 9.74. The molecule has 20 heavy (non-hydrogen) atoms. The van der Waals surface area contributed by atoms with Gasteiger partial charge in [-0.15, -0.1) is 0 Å². The van der Waals surface area contributed by atoms with Gasteiger partial charge in [0.1, 0.15) is 0 Å². The molecule has 0 bridgehead atoms. The van der Waals surface area contributed by atoms with Gasteiger partial charge in [-0.25, -0.2) is 0 Å². The van der Waals surface area contributed by atoms with Gasteiger partial charge in [0.05, 0.1) is 6.54 Å². The van der Waals surface area contributed by atoms with E-state index in [1.165, 1.54) is 5.56 Å². The monoisotopic (exact) mass is 288 g/mol. The molecule has 0 saturated heterocycles. The molecule has 0 fully saturated rings. The molecule has 4 heteroatoms. The lowest BCUT2D eigenvalue weighted by atomic mass is 10.1. The molecule has 0 radical (unpaired) electrons. The van der Waals surface area contributed by atoms with Crippen LogP contribution >= 0.6 is 11.6 Å². The molecule has 0 aromatic heterocycles. The highest BCUT2D eigenvalue weighted by Crippen LogP contribution is 2.12. The summed E-state index contributed by atoms with van der Waals surface area (Å²) in [4.78, 5) is 11.7. The molecule has 0 aliphatic heterocycles. The Kier molecular flexibility index (Phi) is 5.59. The predicted octanol–water partition coefficient (Wildman–Crippen LogP) is 3.11. The molecule has 0 saturated carbocycles. The smallest absolute Gasteiger partial charge is 0.238 e. The first kappa shape index (κ1) is 14.6. The number of anilines is 1. The van der Waals surface area contributed by atoms with Crippen molar-refractivity contribution in [1.82, 2.24) is 5.32 Å². The van der Waals surface area contributed by atoms with Crippen LogP contribution in [0.2, 0.25) is 5.02 Å². The van der Waals surface area contributed by atoms with Crippen LogP contribution in [0, 0.1) is 0 Å².